The molecule has 3 aromatic carbocycles. The molecule has 1 N–H and O–H groups in total. The van der Waals surface area contributed by atoms with Crippen molar-refractivity contribution < 1.29 is 27.4 Å². The SMILES string of the molecule is COc1ccc(N2C(=O)NC(c3ccc(C)cc3)(C(F)(F)F)S/C2=C(/C#N)c2nnc(N3CCOCC3)n2-c2ccccc2)cc1. The van der Waals surface area contributed by atoms with Gasteiger partial charge >= 0.3 is 12.2 Å². The van der Waals surface area contributed by atoms with Gasteiger partial charge in [-0.15, -0.1) is 10.2 Å². The largest absolute Gasteiger partial charge is 0.497 e. The number of carbonyl (C=O) groups excluding carboxylic acids is 1. The molecule has 2 fully saturated rings. The number of hydrogen-bond donors (Lipinski definition) is 1. The van der Waals surface area contributed by atoms with E-state index in [1.54, 1.807) is 60.0 Å². The lowest BCUT2D eigenvalue weighted by atomic mass is 10.0. The number of aromatic nitrogens is 3. The number of thioether (sulfide) groups is 1. The Hall–Kier alpha value is -5.00. The average Bonchev–Trinajstić information content (AvgIpc) is 3.50. The first-order chi connectivity index (χ1) is 22.2. The number of carbonyl (C=O) groups is 1. The van der Waals surface area contributed by atoms with E-state index in [-0.39, 0.29) is 27.7 Å². The third kappa shape index (κ3) is 5.52. The Morgan fingerprint density at radius 2 is 1.67 bits per heavy atom. The summed E-state index contributed by atoms with van der Waals surface area (Å²) >= 11 is 0.318. The van der Waals surface area contributed by atoms with Gasteiger partial charge in [-0.2, -0.15) is 18.4 Å². The molecule has 1 atom stereocenters. The van der Waals surface area contributed by atoms with Crippen molar-refractivity contribution in [3.8, 4) is 17.5 Å². The number of morpholine rings is 1. The quantitative estimate of drug-likeness (QED) is 0.254. The third-order valence-corrected chi connectivity index (χ3v) is 9.09. The predicted molar refractivity (Wildman–Crippen MR) is 167 cm³/mol. The number of methoxy groups -OCH3 is 1. The third-order valence-electron chi connectivity index (χ3n) is 7.63. The molecule has 0 spiro atoms. The van der Waals surface area contributed by atoms with E-state index in [9.17, 15) is 10.1 Å². The van der Waals surface area contributed by atoms with Crippen molar-refractivity contribution >= 4 is 35.0 Å². The Bertz CT molecular complexity index is 1800. The van der Waals surface area contributed by atoms with E-state index in [1.165, 1.54) is 31.4 Å². The number of rotatable bonds is 6. The number of benzene rings is 3. The molecule has 0 radical (unpaired) electrons. The molecule has 2 aliphatic heterocycles. The molecule has 1 aromatic heterocycles. The lowest BCUT2D eigenvalue weighted by molar-refractivity contribution is -0.167. The van der Waals surface area contributed by atoms with Gasteiger partial charge in [0.2, 0.25) is 10.8 Å². The van der Waals surface area contributed by atoms with Crippen molar-refractivity contribution in [3.05, 3.63) is 101 Å². The van der Waals surface area contributed by atoms with Crippen molar-refractivity contribution in [2.24, 2.45) is 0 Å². The Balaban J connectivity index is 1.62. The number of urea groups is 1. The van der Waals surface area contributed by atoms with Crippen LogP contribution in [-0.2, 0) is 9.61 Å². The molecule has 4 aromatic rings. The predicted octanol–water partition coefficient (Wildman–Crippen LogP) is 5.99. The van der Waals surface area contributed by atoms with Gasteiger partial charge in [-0.05, 0) is 48.9 Å². The van der Waals surface area contributed by atoms with Gasteiger partial charge in [0.1, 0.15) is 22.4 Å². The van der Waals surface area contributed by atoms with Crippen LogP contribution in [0.5, 0.6) is 5.75 Å². The number of allylic oxidation sites excluding steroid dienone is 1. The van der Waals surface area contributed by atoms with E-state index in [4.69, 9.17) is 9.47 Å². The minimum absolute atomic E-state index is 0.0223. The van der Waals surface area contributed by atoms with Gasteiger partial charge in [-0.1, -0.05) is 59.8 Å². The van der Waals surface area contributed by atoms with Crippen molar-refractivity contribution in [2.45, 2.75) is 18.0 Å². The van der Waals surface area contributed by atoms with E-state index in [0.717, 1.165) is 10.5 Å². The minimum Gasteiger partial charge on any atom is -0.497 e. The maximum absolute atomic E-state index is 15.3. The fraction of sp³-hybridized carbons (Fsp3) is 0.250. The van der Waals surface area contributed by atoms with Crippen molar-refractivity contribution in [1.29, 1.82) is 5.26 Å². The maximum atomic E-state index is 15.3. The highest BCUT2D eigenvalue weighted by atomic mass is 32.2. The summed E-state index contributed by atoms with van der Waals surface area (Å²) in [6.45, 7) is 3.61. The second-order valence-corrected chi connectivity index (χ2v) is 11.7. The normalized spacial score (nSPS) is 19.8. The molecule has 14 heteroatoms. The van der Waals surface area contributed by atoms with E-state index >= 15 is 13.2 Å². The molecule has 46 heavy (non-hydrogen) atoms. The van der Waals surface area contributed by atoms with Gasteiger partial charge in [-0.25, -0.2) is 4.79 Å². The van der Waals surface area contributed by atoms with E-state index in [1.807, 2.05) is 11.0 Å². The van der Waals surface area contributed by atoms with Crippen LogP contribution in [0.2, 0.25) is 0 Å². The summed E-state index contributed by atoms with van der Waals surface area (Å²) in [4.78, 5) is 14.0. The highest BCUT2D eigenvalue weighted by Crippen LogP contribution is 2.55. The Morgan fingerprint density at radius 1 is 1.00 bits per heavy atom. The van der Waals surface area contributed by atoms with Gasteiger partial charge < -0.3 is 19.7 Å². The lowest BCUT2D eigenvalue weighted by Gasteiger charge is -2.44. The van der Waals surface area contributed by atoms with Crippen LogP contribution in [-0.4, -0.2) is 60.4 Å². The van der Waals surface area contributed by atoms with Gasteiger partial charge in [0, 0.05) is 13.1 Å². The molecular formula is C32H28F3N7O3S. The second kappa shape index (κ2) is 12.4. The van der Waals surface area contributed by atoms with E-state index < -0.39 is 17.1 Å². The number of hydrogen-bond acceptors (Lipinski definition) is 8. The number of nitrogens with one attached hydrogen (secondary N) is 1. The number of aryl methyl sites for hydroxylation is 1. The minimum atomic E-state index is -4.98. The summed E-state index contributed by atoms with van der Waals surface area (Å²) in [5.74, 6) is 0.841. The highest BCUT2D eigenvalue weighted by Gasteiger charge is 2.62. The summed E-state index contributed by atoms with van der Waals surface area (Å²) in [5.41, 5.74) is 1.07. The fourth-order valence-corrected chi connectivity index (χ4v) is 6.59. The fourth-order valence-electron chi connectivity index (χ4n) is 5.27. The lowest BCUT2D eigenvalue weighted by Crippen LogP contribution is -2.61. The number of anilines is 2. The molecule has 10 nitrogen and oxygen atoms in total. The van der Waals surface area contributed by atoms with Gasteiger partial charge in [0.25, 0.3) is 0 Å². The van der Waals surface area contributed by atoms with E-state index in [0.29, 0.717) is 55.5 Å². The topological polar surface area (TPSA) is 109 Å². The number of amides is 2. The maximum Gasteiger partial charge on any atom is 0.425 e. The molecule has 3 heterocycles. The highest BCUT2D eigenvalue weighted by molar-refractivity contribution is 8.04. The molecule has 0 saturated carbocycles. The number of alkyl halides is 3. The Kier molecular flexibility index (Phi) is 8.37. The number of nitriles is 1. The Morgan fingerprint density at radius 3 is 2.28 bits per heavy atom. The molecule has 2 amide bonds. The van der Waals surface area contributed by atoms with Gasteiger partial charge in [-0.3, -0.25) is 9.47 Å². The van der Waals surface area contributed by atoms with Crippen molar-refractivity contribution in [3.63, 3.8) is 0 Å². The first kappa shape index (κ1) is 31.0. The van der Waals surface area contributed by atoms with Crippen molar-refractivity contribution in [2.75, 3.05) is 43.2 Å². The zero-order chi connectivity index (χ0) is 32.5. The molecule has 2 saturated heterocycles. The molecular weight excluding hydrogens is 619 g/mol. The number of nitrogens with zero attached hydrogens (tertiary/aromatic N) is 6. The number of ether oxygens (including phenoxy) is 2. The van der Waals surface area contributed by atoms with Crippen LogP contribution in [0.15, 0.2) is 83.9 Å². The monoisotopic (exact) mass is 647 g/mol. The van der Waals surface area contributed by atoms with Crippen LogP contribution in [0.1, 0.15) is 17.0 Å². The zero-order valence-corrected chi connectivity index (χ0v) is 25.6. The first-order valence-electron chi connectivity index (χ1n) is 14.2. The summed E-state index contributed by atoms with van der Waals surface area (Å²) < 4.78 is 58.2. The average molecular weight is 648 g/mol. The standard InChI is InChI=1S/C32H28F3N7O3S/c1-21-8-10-22(11-9-21)31(32(33,34)35)37-30(43)42(24-12-14-25(44-2)15-13-24)28(46-31)26(20-36)27-38-39-29(40-16-18-45-19-17-40)41(27)23-6-4-3-5-7-23/h3-15H,16-19H2,1-2H3,(H,37,43)/b28-26-. The molecule has 1 unspecified atom stereocenters. The second-order valence-electron chi connectivity index (χ2n) is 10.5. The van der Waals surface area contributed by atoms with Gasteiger partial charge in [0.05, 0.1) is 31.7 Å². The molecule has 6 rings (SSSR count). The zero-order valence-electron chi connectivity index (χ0n) is 24.8. The van der Waals surface area contributed by atoms with Crippen LogP contribution in [0.25, 0.3) is 11.3 Å². The molecule has 0 aliphatic carbocycles. The smallest absolute Gasteiger partial charge is 0.425 e. The van der Waals surface area contributed by atoms with Crippen LogP contribution in [0, 0.1) is 18.3 Å². The summed E-state index contributed by atoms with van der Waals surface area (Å²) in [6, 6.07) is 21.9. The number of para-hydroxylation sites is 1. The Labute approximate surface area is 267 Å². The van der Waals surface area contributed by atoms with Crippen LogP contribution >= 0.6 is 11.8 Å². The van der Waals surface area contributed by atoms with Crippen molar-refractivity contribution in [1.82, 2.24) is 20.1 Å². The summed E-state index contributed by atoms with van der Waals surface area (Å²) in [5, 5.41) is 21.5. The first-order valence-corrected chi connectivity index (χ1v) is 15.1. The summed E-state index contributed by atoms with van der Waals surface area (Å²) in [6.07, 6.45) is -4.98. The van der Waals surface area contributed by atoms with E-state index in [2.05, 4.69) is 21.6 Å². The number of halogens is 3. The molecule has 0 bridgehead atoms. The molecule has 2 aliphatic rings. The van der Waals surface area contributed by atoms with Crippen LogP contribution < -0.4 is 19.9 Å². The van der Waals surface area contributed by atoms with Crippen LogP contribution in [0.3, 0.4) is 0 Å². The van der Waals surface area contributed by atoms with Crippen LogP contribution in [0.4, 0.5) is 29.6 Å². The molecule has 236 valence electrons. The van der Waals surface area contributed by atoms with Gasteiger partial charge in [0.15, 0.2) is 5.82 Å². The summed E-state index contributed by atoms with van der Waals surface area (Å²) in [7, 11) is 1.47.